The minimum Gasteiger partial charge on any atom is -0.477 e. The van der Waals surface area contributed by atoms with Crippen molar-refractivity contribution in [1.82, 2.24) is 35.4 Å². The quantitative estimate of drug-likeness (QED) is 0.0885. The predicted molar refractivity (Wildman–Crippen MR) is 160 cm³/mol. The number of fused-ring (bicyclic) bond motifs is 1. The molecule has 19 nitrogen and oxygen atoms in total. The number of thioether (sulfide) groups is 2. The zero-order valence-corrected chi connectivity index (χ0v) is 27.1. The molecule has 0 spiro atoms. The molecule has 2 atom stereocenters. The van der Waals surface area contributed by atoms with E-state index in [-0.39, 0.29) is 34.6 Å². The maximum absolute atomic E-state index is 13.3. The standard InChI is InChI=1S/C23H23F3N10O9S3/c1-8(2)45-32-12(11-7-47-21(27-11)29-20(43)23(24,25)26)15(37)28-13-16(38)36-14(19(41)42)9(5-46-17(13)36)6-48-22-30-33-34-35(22)4-10(18(39)40)31-44-3/h7-8,13,17H,4-6H2,1-3H3,(H,28,37)(H,39,40)(H,41,42)(H,27,29,43)/b31-10+,32-12-/t13?,17-/m1/s1. The molecule has 0 saturated carbocycles. The molecule has 0 bridgehead atoms. The number of oxime groups is 2. The molecule has 2 aromatic heterocycles. The first kappa shape index (κ1) is 36.1. The maximum atomic E-state index is 13.3. The monoisotopic (exact) mass is 736 g/mol. The molecule has 0 aromatic carbocycles. The van der Waals surface area contributed by atoms with E-state index in [0.717, 1.165) is 45.6 Å². The highest BCUT2D eigenvalue weighted by atomic mass is 32.2. The number of rotatable bonds is 14. The molecule has 0 aliphatic carbocycles. The number of carbonyl (C=O) groups is 5. The molecule has 258 valence electrons. The summed E-state index contributed by atoms with van der Waals surface area (Å²) in [6.07, 6.45) is -5.72. The number of thiazole rings is 1. The van der Waals surface area contributed by atoms with Crippen LogP contribution in [0.4, 0.5) is 18.3 Å². The van der Waals surface area contributed by atoms with E-state index in [1.165, 1.54) is 0 Å². The van der Waals surface area contributed by atoms with Gasteiger partial charge in [-0.25, -0.2) is 19.3 Å². The Morgan fingerprint density at radius 2 is 1.96 bits per heavy atom. The van der Waals surface area contributed by atoms with E-state index in [1.54, 1.807) is 19.2 Å². The van der Waals surface area contributed by atoms with Crippen molar-refractivity contribution in [2.24, 2.45) is 10.3 Å². The summed E-state index contributed by atoms with van der Waals surface area (Å²) in [6, 6.07) is -1.22. The number of nitrogens with zero attached hydrogens (tertiary/aromatic N) is 8. The van der Waals surface area contributed by atoms with Gasteiger partial charge in [0.25, 0.3) is 11.8 Å². The molecule has 2 aliphatic rings. The van der Waals surface area contributed by atoms with Crippen LogP contribution in [-0.4, -0.2) is 124 Å². The van der Waals surface area contributed by atoms with Gasteiger partial charge in [0.2, 0.25) is 5.16 Å². The lowest BCUT2D eigenvalue weighted by Gasteiger charge is -2.49. The van der Waals surface area contributed by atoms with Crippen LogP contribution < -0.4 is 10.6 Å². The number of tetrazole rings is 1. The Morgan fingerprint density at radius 1 is 1.23 bits per heavy atom. The molecule has 1 saturated heterocycles. The number of alkyl halides is 3. The fraction of sp³-hybridized carbons (Fsp3) is 0.435. The number of halogens is 3. The van der Waals surface area contributed by atoms with Gasteiger partial charge in [-0.05, 0) is 29.8 Å². The van der Waals surface area contributed by atoms with Crippen molar-refractivity contribution in [2.75, 3.05) is 23.9 Å². The number of nitrogens with one attached hydrogen (secondary N) is 2. The molecular formula is C23H23F3N10O9S3. The van der Waals surface area contributed by atoms with Gasteiger partial charge in [-0.1, -0.05) is 22.1 Å². The van der Waals surface area contributed by atoms with Gasteiger partial charge in [-0.15, -0.1) is 28.2 Å². The third-order valence-electron chi connectivity index (χ3n) is 5.95. The fourth-order valence-corrected chi connectivity index (χ4v) is 6.96. The highest BCUT2D eigenvalue weighted by molar-refractivity contribution is 8.01. The second-order valence-corrected chi connectivity index (χ2v) is 12.5. The van der Waals surface area contributed by atoms with Crippen molar-refractivity contribution in [3.8, 4) is 0 Å². The number of carbonyl (C=O) groups excluding carboxylic acids is 3. The summed E-state index contributed by atoms with van der Waals surface area (Å²) in [4.78, 5) is 75.9. The largest absolute Gasteiger partial charge is 0.477 e. The number of amides is 3. The predicted octanol–water partition coefficient (Wildman–Crippen LogP) is 0.377. The van der Waals surface area contributed by atoms with Crippen LogP contribution in [0.3, 0.4) is 0 Å². The average molecular weight is 737 g/mol. The molecule has 2 aliphatic heterocycles. The van der Waals surface area contributed by atoms with E-state index in [0.29, 0.717) is 16.9 Å². The Labute approximate surface area is 278 Å². The molecule has 3 amide bonds. The van der Waals surface area contributed by atoms with Crippen LogP contribution >= 0.6 is 34.9 Å². The first-order chi connectivity index (χ1) is 22.6. The summed E-state index contributed by atoms with van der Waals surface area (Å²) in [5, 5.41) is 41.4. The Morgan fingerprint density at radius 3 is 2.58 bits per heavy atom. The molecule has 1 unspecified atom stereocenters. The van der Waals surface area contributed by atoms with Crippen molar-refractivity contribution in [2.45, 2.75) is 49.2 Å². The third kappa shape index (κ3) is 8.19. The van der Waals surface area contributed by atoms with Gasteiger partial charge < -0.3 is 25.2 Å². The molecule has 48 heavy (non-hydrogen) atoms. The second kappa shape index (κ2) is 15.0. The summed E-state index contributed by atoms with van der Waals surface area (Å²) in [5.41, 5.74) is -1.18. The molecule has 1 fully saturated rings. The van der Waals surface area contributed by atoms with E-state index >= 15 is 0 Å². The SMILES string of the molecule is CO/N=C(\Cn1nnnc1SCC1=C(C(=O)O)N2C(=O)C(NC(=O)/C(=N\OC(C)C)c3csc(NC(=O)C(F)(F)F)n3)[C@H]2SC1)C(=O)O. The maximum Gasteiger partial charge on any atom is 0.471 e. The summed E-state index contributed by atoms with van der Waals surface area (Å²) in [5.74, 6) is -6.74. The smallest absolute Gasteiger partial charge is 0.471 e. The Hall–Kier alpha value is -4.78. The van der Waals surface area contributed by atoms with Gasteiger partial charge in [-0.3, -0.25) is 24.6 Å². The Kier molecular flexibility index (Phi) is 11.2. The fourth-order valence-electron chi connectivity index (χ4n) is 3.91. The summed E-state index contributed by atoms with van der Waals surface area (Å²) < 4.78 is 39.1. The summed E-state index contributed by atoms with van der Waals surface area (Å²) >= 11 is 2.71. The zero-order chi connectivity index (χ0) is 35.3. The normalized spacial score (nSPS) is 18.3. The van der Waals surface area contributed by atoms with E-state index in [4.69, 9.17) is 4.84 Å². The highest BCUT2D eigenvalue weighted by Gasteiger charge is 2.54. The number of hydrogen-bond donors (Lipinski definition) is 4. The highest BCUT2D eigenvalue weighted by Crippen LogP contribution is 2.41. The van der Waals surface area contributed by atoms with E-state index in [2.05, 4.69) is 41.0 Å². The lowest BCUT2D eigenvalue weighted by molar-refractivity contribution is -0.167. The van der Waals surface area contributed by atoms with Crippen molar-refractivity contribution in [3.63, 3.8) is 0 Å². The second-order valence-electron chi connectivity index (χ2n) is 9.64. The van der Waals surface area contributed by atoms with Crippen LogP contribution in [0.25, 0.3) is 0 Å². The first-order valence-corrected chi connectivity index (χ1v) is 16.0. The number of carboxylic acid groups (broad SMARTS) is 2. The van der Waals surface area contributed by atoms with Gasteiger partial charge in [-0.2, -0.15) is 13.2 Å². The van der Waals surface area contributed by atoms with Crippen LogP contribution in [-0.2, 0) is 40.2 Å². The van der Waals surface area contributed by atoms with Crippen molar-refractivity contribution < 1.29 is 57.0 Å². The minimum atomic E-state index is -5.18. The van der Waals surface area contributed by atoms with Gasteiger partial charge >= 0.3 is 24.0 Å². The van der Waals surface area contributed by atoms with E-state index < -0.39 is 69.9 Å². The molecule has 4 rings (SSSR count). The first-order valence-electron chi connectivity index (χ1n) is 13.1. The summed E-state index contributed by atoms with van der Waals surface area (Å²) in [7, 11) is 1.16. The van der Waals surface area contributed by atoms with Crippen LogP contribution in [0.1, 0.15) is 19.5 Å². The number of hydrogen-bond acceptors (Lipinski definition) is 16. The van der Waals surface area contributed by atoms with Gasteiger partial charge in [0.1, 0.15) is 36.0 Å². The van der Waals surface area contributed by atoms with Crippen molar-refractivity contribution in [3.05, 3.63) is 22.3 Å². The van der Waals surface area contributed by atoms with Gasteiger partial charge in [0, 0.05) is 16.9 Å². The Balaban J connectivity index is 1.48. The van der Waals surface area contributed by atoms with Crippen molar-refractivity contribution in [1.29, 1.82) is 0 Å². The van der Waals surface area contributed by atoms with Crippen LogP contribution in [0.5, 0.6) is 0 Å². The third-order valence-corrected chi connectivity index (χ3v) is 9.09. The number of aliphatic carboxylic acids is 2. The summed E-state index contributed by atoms with van der Waals surface area (Å²) in [6.45, 7) is 2.81. The number of β-lactam (4-membered cyclic amide) rings is 1. The molecule has 25 heteroatoms. The van der Waals surface area contributed by atoms with E-state index in [1.807, 2.05) is 0 Å². The van der Waals surface area contributed by atoms with Gasteiger partial charge in [0.15, 0.2) is 16.6 Å². The number of carboxylic acids is 2. The molecule has 4 heterocycles. The molecular weight excluding hydrogens is 714 g/mol. The van der Waals surface area contributed by atoms with E-state index in [9.17, 15) is 47.4 Å². The van der Waals surface area contributed by atoms with Crippen LogP contribution in [0.15, 0.2) is 32.1 Å². The number of anilines is 1. The molecule has 2 aromatic rings. The topological polar surface area (TPSA) is 253 Å². The minimum absolute atomic E-state index is 0.00720. The molecule has 0 radical (unpaired) electrons. The Bertz CT molecular complexity index is 1710. The lowest BCUT2D eigenvalue weighted by atomic mass is 10.0. The van der Waals surface area contributed by atoms with Crippen LogP contribution in [0, 0.1) is 0 Å². The zero-order valence-electron chi connectivity index (χ0n) is 24.6. The van der Waals surface area contributed by atoms with Gasteiger partial charge in [0.05, 0.1) is 6.54 Å². The lowest BCUT2D eigenvalue weighted by Crippen LogP contribution is -2.71. The molecule has 4 N–H and O–H groups in total. The number of aromatic nitrogens is 5. The van der Waals surface area contributed by atoms with Crippen molar-refractivity contribution >= 4 is 81.1 Å². The average Bonchev–Trinajstić information content (AvgIpc) is 3.66. The van der Waals surface area contributed by atoms with Crippen LogP contribution in [0.2, 0.25) is 0 Å².